The van der Waals surface area contributed by atoms with Crippen molar-refractivity contribution in [3.63, 3.8) is 0 Å². The number of fused-ring (bicyclic) bond motifs is 2. The topological polar surface area (TPSA) is 118 Å². The lowest BCUT2D eigenvalue weighted by molar-refractivity contribution is 0.0510. The van der Waals surface area contributed by atoms with E-state index in [-0.39, 0.29) is 6.79 Å². The molecular weight excluding hydrogens is 482 g/mol. The van der Waals surface area contributed by atoms with Gasteiger partial charge in [0.25, 0.3) is 0 Å². The molecule has 0 bridgehead atoms. The molecular formula is C26H27N3O6S. The highest BCUT2D eigenvalue weighted by molar-refractivity contribution is 7.91. The molecule has 10 heteroatoms. The average molecular weight is 510 g/mol. The second kappa shape index (κ2) is 9.68. The molecule has 188 valence electrons. The number of nitrogens with one attached hydrogen (secondary N) is 1. The largest absolute Gasteiger partial charge is 0.468 e. The van der Waals surface area contributed by atoms with E-state index in [1.54, 1.807) is 51.1 Å². The number of ether oxygens (including phenoxy) is 3. The van der Waals surface area contributed by atoms with Crippen molar-refractivity contribution in [1.82, 2.24) is 4.72 Å². The molecule has 36 heavy (non-hydrogen) atoms. The van der Waals surface area contributed by atoms with Crippen LogP contribution in [0.15, 0.2) is 54.6 Å². The fourth-order valence-electron chi connectivity index (χ4n) is 4.16. The lowest BCUT2D eigenvalue weighted by Gasteiger charge is -2.28. The van der Waals surface area contributed by atoms with Gasteiger partial charge >= 0.3 is 16.3 Å². The highest BCUT2D eigenvalue weighted by atomic mass is 32.2. The number of hydrogen-bond acceptors (Lipinski definition) is 7. The summed E-state index contributed by atoms with van der Waals surface area (Å²) in [6, 6.07) is 17.5. The smallest absolute Gasteiger partial charge is 0.422 e. The second-order valence-electron chi connectivity index (χ2n) is 9.40. The van der Waals surface area contributed by atoms with E-state index in [4.69, 9.17) is 14.2 Å². The van der Waals surface area contributed by atoms with Crippen LogP contribution in [0.3, 0.4) is 0 Å². The maximum absolute atomic E-state index is 13.5. The molecule has 3 aromatic rings. The highest BCUT2D eigenvalue weighted by Gasteiger charge is 2.40. The third-order valence-corrected chi connectivity index (χ3v) is 6.97. The molecule has 0 radical (unpaired) electrons. The number of carbonyl (C=O) groups excluding carboxylic acids is 1. The number of rotatable bonds is 6. The van der Waals surface area contributed by atoms with Crippen LogP contribution in [0.2, 0.25) is 0 Å². The van der Waals surface area contributed by atoms with Crippen LogP contribution in [-0.4, -0.2) is 34.0 Å². The molecule has 0 aliphatic carbocycles. The fraction of sp³-hybridized carbons (Fsp3) is 0.308. The first-order valence-corrected chi connectivity index (χ1v) is 12.7. The summed E-state index contributed by atoms with van der Waals surface area (Å²) in [7, 11) is -2.84. The van der Waals surface area contributed by atoms with Crippen LogP contribution in [0.4, 0.5) is 10.5 Å². The fourth-order valence-corrected chi connectivity index (χ4v) is 5.48. The summed E-state index contributed by atoms with van der Waals surface area (Å²) < 4.78 is 46.0. The zero-order valence-electron chi connectivity index (χ0n) is 20.4. The average Bonchev–Trinajstić information content (AvgIpc) is 3.20. The molecule has 1 aliphatic heterocycles. The van der Waals surface area contributed by atoms with E-state index in [0.717, 1.165) is 16.3 Å². The van der Waals surface area contributed by atoms with Crippen molar-refractivity contribution in [2.75, 3.05) is 18.2 Å². The number of amides is 1. The van der Waals surface area contributed by atoms with Crippen LogP contribution in [0, 0.1) is 11.3 Å². The molecule has 0 spiro atoms. The summed E-state index contributed by atoms with van der Waals surface area (Å²) in [4.78, 5) is 12.4. The number of anilines is 1. The summed E-state index contributed by atoms with van der Waals surface area (Å²) in [6.45, 7) is 5.01. The van der Waals surface area contributed by atoms with Crippen LogP contribution in [0.25, 0.3) is 10.8 Å². The Morgan fingerprint density at radius 3 is 2.56 bits per heavy atom. The Labute approximate surface area is 210 Å². The number of nitriles is 1. The molecule has 1 unspecified atom stereocenters. The molecule has 0 aromatic heterocycles. The number of benzene rings is 3. The number of methoxy groups -OCH3 is 1. The highest BCUT2D eigenvalue weighted by Crippen LogP contribution is 2.44. The van der Waals surface area contributed by atoms with Gasteiger partial charge in [0.1, 0.15) is 11.4 Å². The first kappa shape index (κ1) is 25.3. The Balaban J connectivity index is 1.77. The van der Waals surface area contributed by atoms with Gasteiger partial charge in [-0.05, 0) is 79.1 Å². The van der Waals surface area contributed by atoms with Crippen molar-refractivity contribution in [2.45, 2.75) is 38.8 Å². The molecule has 1 N–H and O–H groups in total. The standard InChI is InChI=1S/C26H27N3O6S/c1-26(2,3)35-25(30)28-36(31,32)29-23-10-9-22(34-16-33-4)13-21(23)14-24(29)19-8-7-18-6-5-17(15-27)11-20(18)12-19/h5-13,24H,14,16H2,1-4H3,(H,28,30). The van der Waals surface area contributed by atoms with Gasteiger partial charge in [0.15, 0.2) is 6.79 Å². The van der Waals surface area contributed by atoms with Crippen molar-refractivity contribution in [1.29, 1.82) is 5.26 Å². The van der Waals surface area contributed by atoms with Gasteiger partial charge in [-0.3, -0.25) is 0 Å². The van der Waals surface area contributed by atoms with Crippen molar-refractivity contribution < 1.29 is 27.4 Å². The van der Waals surface area contributed by atoms with Crippen LogP contribution in [0.1, 0.15) is 43.5 Å². The van der Waals surface area contributed by atoms with E-state index in [1.165, 1.54) is 11.4 Å². The third kappa shape index (κ3) is 5.37. The van der Waals surface area contributed by atoms with E-state index in [9.17, 15) is 18.5 Å². The Morgan fingerprint density at radius 1 is 1.11 bits per heavy atom. The molecule has 0 saturated heterocycles. The van der Waals surface area contributed by atoms with Gasteiger partial charge < -0.3 is 14.2 Å². The minimum atomic E-state index is -4.35. The van der Waals surface area contributed by atoms with E-state index in [1.807, 2.05) is 29.0 Å². The van der Waals surface area contributed by atoms with E-state index < -0.39 is 27.9 Å². The van der Waals surface area contributed by atoms with Gasteiger partial charge in [0.05, 0.1) is 23.4 Å². The number of nitrogens with zero attached hydrogens (tertiary/aromatic N) is 2. The van der Waals surface area contributed by atoms with E-state index in [0.29, 0.717) is 29.0 Å². The first-order valence-electron chi connectivity index (χ1n) is 11.2. The lowest BCUT2D eigenvalue weighted by atomic mass is 9.98. The molecule has 9 nitrogen and oxygen atoms in total. The van der Waals surface area contributed by atoms with E-state index >= 15 is 0 Å². The van der Waals surface area contributed by atoms with Gasteiger partial charge in [-0.25, -0.2) is 13.8 Å². The van der Waals surface area contributed by atoms with Crippen molar-refractivity contribution in [3.8, 4) is 11.8 Å². The van der Waals surface area contributed by atoms with Crippen LogP contribution in [-0.2, 0) is 26.1 Å². The van der Waals surface area contributed by atoms with Gasteiger partial charge in [-0.15, -0.1) is 0 Å². The van der Waals surface area contributed by atoms with Crippen LogP contribution < -0.4 is 13.8 Å². The predicted octanol–water partition coefficient (Wildman–Crippen LogP) is 4.57. The zero-order valence-corrected chi connectivity index (χ0v) is 21.3. The third-order valence-electron chi connectivity index (χ3n) is 5.58. The predicted molar refractivity (Wildman–Crippen MR) is 135 cm³/mol. The van der Waals surface area contributed by atoms with Crippen LogP contribution in [0.5, 0.6) is 5.75 Å². The van der Waals surface area contributed by atoms with Gasteiger partial charge in [0, 0.05) is 13.5 Å². The minimum absolute atomic E-state index is 0.0519. The Bertz CT molecular complexity index is 1460. The van der Waals surface area contributed by atoms with Gasteiger partial charge in [0.2, 0.25) is 0 Å². The van der Waals surface area contributed by atoms with Crippen molar-refractivity contribution >= 4 is 32.8 Å². The maximum Gasteiger partial charge on any atom is 0.422 e. The molecule has 1 atom stereocenters. The molecule has 3 aromatic carbocycles. The number of hydrogen-bond donors (Lipinski definition) is 1. The molecule has 1 aliphatic rings. The zero-order chi connectivity index (χ0) is 26.1. The summed E-state index contributed by atoms with van der Waals surface area (Å²) in [5.41, 5.74) is 1.50. The molecule has 4 rings (SSSR count). The molecule has 0 saturated carbocycles. The Morgan fingerprint density at radius 2 is 1.86 bits per heavy atom. The Hall–Kier alpha value is -3.81. The monoisotopic (exact) mass is 509 g/mol. The SMILES string of the molecule is COCOc1ccc2c(c1)CC(c1ccc3ccc(C#N)cc3c1)N2S(=O)(=O)NC(=O)OC(C)(C)C. The summed E-state index contributed by atoms with van der Waals surface area (Å²) >= 11 is 0. The second-order valence-corrected chi connectivity index (χ2v) is 10.9. The van der Waals surface area contributed by atoms with Crippen LogP contribution >= 0.6 is 0 Å². The Kier molecular flexibility index (Phi) is 6.80. The summed E-state index contributed by atoms with van der Waals surface area (Å²) in [5, 5.41) is 11.0. The summed E-state index contributed by atoms with van der Waals surface area (Å²) in [5.74, 6) is 0.533. The first-order chi connectivity index (χ1) is 17.0. The molecule has 0 fully saturated rings. The quantitative estimate of drug-likeness (QED) is 0.484. The van der Waals surface area contributed by atoms with Crippen molar-refractivity contribution in [3.05, 3.63) is 71.3 Å². The number of carbonyl (C=O) groups is 1. The molecule has 1 amide bonds. The lowest BCUT2D eigenvalue weighted by Crippen LogP contribution is -2.45. The normalized spacial score (nSPS) is 15.3. The van der Waals surface area contributed by atoms with Crippen molar-refractivity contribution in [2.24, 2.45) is 0 Å². The van der Waals surface area contributed by atoms with Gasteiger partial charge in [-0.2, -0.15) is 13.7 Å². The van der Waals surface area contributed by atoms with E-state index in [2.05, 4.69) is 6.07 Å². The summed E-state index contributed by atoms with van der Waals surface area (Å²) in [6.07, 6.45) is -0.718. The minimum Gasteiger partial charge on any atom is -0.468 e. The van der Waals surface area contributed by atoms with Gasteiger partial charge in [-0.1, -0.05) is 18.2 Å². The maximum atomic E-state index is 13.5. The molecule has 1 heterocycles.